The van der Waals surface area contributed by atoms with Crippen LogP contribution >= 0.6 is 22.6 Å². The molecule has 0 saturated carbocycles. The third-order valence-corrected chi connectivity index (χ3v) is 2.61. The number of anilines is 1. The highest BCUT2D eigenvalue weighted by atomic mass is 127. The van der Waals surface area contributed by atoms with Crippen LogP contribution in [0.2, 0.25) is 0 Å². The van der Waals surface area contributed by atoms with Crippen molar-refractivity contribution in [1.82, 2.24) is 0 Å². The molecular weight excluding hydrogens is 293 g/mol. The molecule has 2 amide bonds. The maximum atomic E-state index is 11.3. The van der Waals surface area contributed by atoms with Gasteiger partial charge in [-0.25, -0.2) is 4.90 Å². The predicted octanol–water partition coefficient (Wildman–Crippen LogP) is 1.72. The van der Waals surface area contributed by atoms with Gasteiger partial charge in [0.2, 0.25) is 0 Å². The first-order valence-corrected chi connectivity index (χ1v) is 5.08. The molecule has 0 radical (unpaired) electrons. The van der Waals surface area contributed by atoms with Crippen LogP contribution in [-0.2, 0) is 9.59 Å². The molecule has 0 atom stereocenters. The van der Waals surface area contributed by atoms with E-state index in [1.54, 1.807) is 12.1 Å². The number of amides is 2. The summed E-state index contributed by atoms with van der Waals surface area (Å²) in [7, 11) is 0. The van der Waals surface area contributed by atoms with Crippen LogP contribution in [0.25, 0.3) is 0 Å². The lowest BCUT2D eigenvalue weighted by Gasteiger charge is -2.13. The molecule has 1 aliphatic rings. The van der Waals surface area contributed by atoms with Crippen LogP contribution in [0.4, 0.5) is 5.69 Å². The molecule has 0 aromatic heterocycles. The third kappa shape index (κ3) is 1.57. The van der Waals surface area contributed by atoms with Gasteiger partial charge in [0.05, 0.1) is 5.69 Å². The van der Waals surface area contributed by atoms with Gasteiger partial charge in [-0.05, 0) is 46.9 Å². The summed E-state index contributed by atoms with van der Waals surface area (Å²) in [5.74, 6) is -0.563. The second-order valence-electron chi connectivity index (χ2n) is 2.82. The summed E-state index contributed by atoms with van der Waals surface area (Å²) < 4.78 is 1.07. The number of rotatable bonds is 1. The van der Waals surface area contributed by atoms with Crippen molar-refractivity contribution in [2.24, 2.45) is 0 Å². The van der Waals surface area contributed by atoms with Gasteiger partial charge in [-0.15, -0.1) is 0 Å². The molecule has 70 valence electrons. The fourth-order valence-electron chi connectivity index (χ4n) is 1.24. The van der Waals surface area contributed by atoms with Crippen LogP contribution in [0, 0.1) is 3.57 Å². The van der Waals surface area contributed by atoms with Crippen molar-refractivity contribution in [1.29, 1.82) is 0 Å². The van der Waals surface area contributed by atoms with Crippen molar-refractivity contribution in [2.45, 2.75) is 0 Å². The van der Waals surface area contributed by atoms with E-state index in [4.69, 9.17) is 0 Å². The highest BCUT2D eigenvalue weighted by molar-refractivity contribution is 14.1. The van der Waals surface area contributed by atoms with E-state index in [1.165, 1.54) is 12.2 Å². The first-order chi connectivity index (χ1) is 6.68. The fourth-order valence-corrected chi connectivity index (χ4v) is 1.60. The summed E-state index contributed by atoms with van der Waals surface area (Å²) in [5.41, 5.74) is 0.616. The summed E-state index contributed by atoms with van der Waals surface area (Å²) in [6.45, 7) is 0. The normalized spacial score (nSPS) is 15.4. The summed E-state index contributed by atoms with van der Waals surface area (Å²) in [6.07, 6.45) is 2.56. The molecule has 0 N–H and O–H groups in total. The fraction of sp³-hybridized carbons (Fsp3) is 0. The molecule has 2 rings (SSSR count). The highest BCUT2D eigenvalue weighted by Gasteiger charge is 2.24. The van der Waals surface area contributed by atoms with E-state index in [2.05, 4.69) is 22.6 Å². The van der Waals surface area contributed by atoms with Gasteiger partial charge >= 0.3 is 0 Å². The van der Waals surface area contributed by atoms with Crippen molar-refractivity contribution >= 4 is 40.1 Å². The van der Waals surface area contributed by atoms with Crippen LogP contribution in [0.3, 0.4) is 0 Å². The Hall–Kier alpha value is -1.17. The molecule has 3 nitrogen and oxygen atoms in total. The van der Waals surface area contributed by atoms with Crippen LogP contribution in [0.5, 0.6) is 0 Å². The number of carbonyl (C=O) groups is 2. The second kappa shape index (κ2) is 3.53. The van der Waals surface area contributed by atoms with Crippen molar-refractivity contribution in [3.05, 3.63) is 40.0 Å². The van der Waals surface area contributed by atoms with E-state index in [0.717, 1.165) is 8.47 Å². The molecule has 1 aromatic rings. The number of carbonyl (C=O) groups excluding carboxylic acids is 2. The average molecular weight is 299 g/mol. The number of nitrogens with zero attached hydrogens (tertiary/aromatic N) is 1. The summed E-state index contributed by atoms with van der Waals surface area (Å²) in [5, 5.41) is 0. The first kappa shape index (κ1) is 9.39. The van der Waals surface area contributed by atoms with Crippen LogP contribution in [0.1, 0.15) is 0 Å². The maximum absolute atomic E-state index is 11.3. The van der Waals surface area contributed by atoms with Crippen molar-refractivity contribution < 1.29 is 9.59 Å². The van der Waals surface area contributed by atoms with Gasteiger partial charge in [-0.3, -0.25) is 9.59 Å². The zero-order chi connectivity index (χ0) is 10.1. The molecule has 0 spiro atoms. The summed E-state index contributed by atoms with van der Waals surface area (Å²) in [6, 6.07) is 7.22. The van der Waals surface area contributed by atoms with Gasteiger partial charge in [-0.1, -0.05) is 0 Å². The van der Waals surface area contributed by atoms with Crippen molar-refractivity contribution in [3.63, 3.8) is 0 Å². The highest BCUT2D eigenvalue weighted by Crippen LogP contribution is 2.19. The SMILES string of the molecule is O=C1C=CC(=O)N1c1ccc(I)cc1. The molecule has 1 aliphatic heterocycles. The minimum absolute atomic E-state index is 0.281. The van der Waals surface area contributed by atoms with Gasteiger partial charge < -0.3 is 0 Å². The van der Waals surface area contributed by atoms with Gasteiger partial charge in [0.15, 0.2) is 0 Å². The summed E-state index contributed by atoms with van der Waals surface area (Å²) >= 11 is 2.17. The zero-order valence-electron chi connectivity index (χ0n) is 7.11. The largest absolute Gasteiger partial charge is 0.269 e. The Balaban J connectivity index is 2.36. The van der Waals surface area contributed by atoms with E-state index < -0.39 is 0 Å². The molecule has 0 fully saturated rings. The number of halogens is 1. The Morgan fingerprint density at radius 2 is 1.43 bits per heavy atom. The van der Waals surface area contributed by atoms with E-state index in [-0.39, 0.29) is 11.8 Å². The van der Waals surface area contributed by atoms with E-state index in [1.807, 2.05) is 12.1 Å². The first-order valence-electron chi connectivity index (χ1n) is 4.00. The quantitative estimate of drug-likeness (QED) is 0.585. The smallest absolute Gasteiger partial charge is 0.258 e. The Labute approximate surface area is 94.5 Å². The molecule has 1 heterocycles. The van der Waals surface area contributed by atoms with Crippen LogP contribution < -0.4 is 4.90 Å². The minimum Gasteiger partial charge on any atom is -0.269 e. The number of imide groups is 1. The zero-order valence-corrected chi connectivity index (χ0v) is 9.26. The van der Waals surface area contributed by atoms with Gasteiger partial charge in [0.1, 0.15) is 0 Å². The molecule has 4 heteroatoms. The van der Waals surface area contributed by atoms with Crippen LogP contribution in [-0.4, -0.2) is 11.8 Å². The standard InChI is InChI=1S/C10H6INO2/c11-7-1-3-8(4-2-7)12-9(13)5-6-10(12)14/h1-6H. The molecule has 0 aliphatic carbocycles. The van der Waals surface area contributed by atoms with Crippen molar-refractivity contribution in [3.8, 4) is 0 Å². The predicted molar refractivity (Wildman–Crippen MR) is 60.8 cm³/mol. The third-order valence-electron chi connectivity index (χ3n) is 1.89. The van der Waals surface area contributed by atoms with Gasteiger partial charge in [0.25, 0.3) is 11.8 Å². The Morgan fingerprint density at radius 3 is 1.93 bits per heavy atom. The topological polar surface area (TPSA) is 37.4 Å². The molecule has 14 heavy (non-hydrogen) atoms. The lowest BCUT2D eigenvalue weighted by Crippen LogP contribution is -2.29. The van der Waals surface area contributed by atoms with Gasteiger partial charge in [-0.2, -0.15) is 0 Å². The number of benzene rings is 1. The maximum Gasteiger partial charge on any atom is 0.258 e. The monoisotopic (exact) mass is 299 g/mol. The molecule has 0 bridgehead atoms. The van der Waals surface area contributed by atoms with E-state index in [0.29, 0.717) is 5.69 Å². The Bertz CT molecular complexity index is 404. The lowest BCUT2D eigenvalue weighted by molar-refractivity contribution is -0.119. The average Bonchev–Trinajstić information content (AvgIpc) is 2.49. The van der Waals surface area contributed by atoms with E-state index >= 15 is 0 Å². The molecular formula is C10H6INO2. The second-order valence-corrected chi connectivity index (χ2v) is 4.07. The number of hydrogen-bond donors (Lipinski definition) is 0. The molecule has 0 saturated heterocycles. The van der Waals surface area contributed by atoms with Crippen molar-refractivity contribution in [2.75, 3.05) is 4.90 Å². The minimum atomic E-state index is -0.281. The Morgan fingerprint density at radius 1 is 0.929 bits per heavy atom. The van der Waals surface area contributed by atoms with E-state index in [9.17, 15) is 9.59 Å². The Kier molecular flexibility index (Phi) is 2.37. The lowest BCUT2D eigenvalue weighted by atomic mass is 10.3. The van der Waals surface area contributed by atoms with Gasteiger partial charge in [0, 0.05) is 15.7 Å². The molecule has 0 unspecified atom stereocenters. The van der Waals surface area contributed by atoms with Crippen LogP contribution in [0.15, 0.2) is 36.4 Å². The molecule has 1 aromatic carbocycles. The number of hydrogen-bond acceptors (Lipinski definition) is 2. The summed E-state index contributed by atoms with van der Waals surface area (Å²) in [4.78, 5) is 23.7.